The lowest BCUT2D eigenvalue weighted by Gasteiger charge is -2.46. The molecule has 1 unspecified atom stereocenters. The van der Waals surface area contributed by atoms with Crippen molar-refractivity contribution in [3.63, 3.8) is 0 Å². The van der Waals surface area contributed by atoms with E-state index in [-0.39, 0.29) is 12.0 Å². The fourth-order valence-corrected chi connectivity index (χ4v) is 4.61. The average Bonchev–Trinajstić information content (AvgIpc) is 2.83. The van der Waals surface area contributed by atoms with E-state index in [9.17, 15) is 4.79 Å². The van der Waals surface area contributed by atoms with Crippen molar-refractivity contribution in [3.05, 3.63) is 47.0 Å². The van der Waals surface area contributed by atoms with E-state index in [2.05, 4.69) is 25.2 Å². The number of carbonyl (C=O) groups excluding carboxylic acids is 1. The van der Waals surface area contributed by atoms with Gasteiger partial charge in [0.25, 0.3) is 0 Å². The zero-order valence-electron chi connectivity index (χ0n) is 19.9. The maximum atomic E-state index is 11.9. The molecule has 0 bridgehead atoms. The van der Waals surface area contributed by atoms with E-state index in [4.69, 9.17) is 23.7 Å². The summed E-state index contributed by atoms with van der Waals surface area (Å²) in [6.07, 6.45) is 2.05. The average molecular weight is 445 g/mol. The lowest BCUT2D eigenvalue weighted by molar-refractivity contribution is -0.940. The Morgan fingerprint density at radius 2 is 1.53 bits per heavy atom. The molecule has 1 heterocycles. The third-order valence-corrected chi connectivity index (χ3v) is 6.58. The van der Waals surface area contributed by atoms with E-state index in [1.807, 2.05) is 12.1 Å². The van der Waals surface area contributed by atoms with Crippen LogP contribution in [0.5, 0.6) is 23.0 Å². The molecule has 0 N–H and O–H groups in total. The minimum Gasteiger partial charge on any atom is -0.493 e. The van der Waals surface area contributed by atoms with E-state index in [1.54, 1.807) is 28.4 Å². The smallest absolute Gasteiger partial charge is 0.311 e. The summed E-state index contributed by atoms with van der Waals surface area (Å²) in [7, 11) is 10.2. The summed E-state index contributed by atoms with van der Waals surface area (Å²) >= 11 is 0. The summed E-state index contributed by atoms with van der Waals surface area (Å²) < 4.78 is 27.7. The molecule has 32 heavy (non-hydrogen) atoms. The Kier molecular flexibility index (Phi) is 7.51. The van der Waals surface area contributed by atoms with Crippen molar-refractivity contribution in [2.75, 3.05) is 55.7 Å². The highest BCUT2D eigenvalue weighted by Gasteiger charge is 2.40. The number of hydrogen-bond acceptors (Lipinski definition) is 6. The number of hydrogen-bond donors (Lipinski definition) is 0. The molecule has 1 aliphatic rings. The van der Waals surface area contributed by atoms with Crippen LogP contribution in [-0.2, 0) is 22.4 Å². The number of ether oxygens (including phenoxy) is 5. The van der Waals surface area contributed by atoms with Crippen molar-refractivity contribution in [3.8, 4) is 23.0 Å². The van der Waals surface area contributed by atoms with Crippen molar-refractivity contribution >= 4 is 5.97 Å². The van der Waals surface area contributed by atoms with Crippen LogP contribution < -0.4 is 18.9 Å². The van der Waals surface area contributed by atoms with Gasteiger partial charge in [-0.3, -0.25) is 4.79 Å². The van der Waals surface area contributed by atoms with Crippen molar-refractivity contribution in [1.82, 2.24) is 0 Å². The Morgan fingerprint density at radius 1 is 0.906 bits per heavy atom. The molecule has 0 aliphatic carbocycles. The van der Waals surface area contributed by atoms with E-state index in [1.165, 1.54) is 18.2 Å². The highest BCUT2D eigenvalue weighted by atomic mass is 16.5. The van der Waals surface area contributed by atoms with Gasteiger partial charge in [-0.2, -0.15) is 0 Å². The summed E-state index contributed by atoms with van der Waals surface area (Å²) in [5.41, 5.74) is 3.61. The molecule has 0 spiro atoms. The number of quaternary nitrogens is 1. The van der Waals surface area contributed by atoms with Crippen LogP contribution in [0.4, 0.5) is 0 Å². The van der Waals surface area contributed by atoms with Gasteiger partial charge in [-0.25, -0.2) is 0 Å². The SMILES string of the molecule is COC(=O)CC[N+]1(C)CCc2cc(OC)c(OC)cc2[C@H]1Cc1ccc(OC)c(OC)c1. The Labute approximate surface area is 190 Å². The van der Waals surface area contributed by atoms with Crippen molar-refractivity contribution in [2.24, 2.45) is 0 Å². The summed E-state index contributed by atoms with van der Waals surface area (Å²) in [5.74, 6) is 2.67. The van der Waals surface area contributed by atoms with E-state index in [0.29, 0.717) is 30.2 Å². The first-order valence-corrected chi connectivity index (χ1v) is 10.8. The predicted octanol–water partition coefficient (Wildman–Crippen LogP) is 3.57. The Balaban J connectivity index is 2.04. The molecule has 2 aromatic rings. The second kappa shape index (κ2) is 10.1. The number of nitrogens with zero attached hydrogens (tertiary/aromatic N) is 1. The summed E-state index contributed by atoms with van der Waals surface area (Å²) in [6, 6.07) is 10.3. The first-order chi connectivity index (χ1) is 15.4. The fourth-order valence-electron chi connectivity index (χ4n) is 4.61. The van der Waals surface area contributed by atoms with Crippen LogP contribution in [0.3, 0.4) is 0 Å². The molecule has 0 amide bonds. The van der Waals surface area contributed by atoms with E-state index < -0.39 is 0 Å². The monoisotopic (exact) mass is 444 g/mol. The summed E-state index contributed by atoms with van der Waals surface area (Å²) in [6.45, 7) is 1.61. The van der Waals surface area contributed by atoms with E-state index >= 15 is 0 Å². The van der Waals surface area contributed by atoms with Gasteiger partial charge in [0.2, 0.25) is 0 Å². The number of methoxy groups -OCH3 is 5. The van der Waals surface area contributed by atoms with Gasteiger partial charge in [0.1, 0.15) is 6.04 Å². The van der Waals surface area contributed by atoms with Gasteiger partial charge in [0.15, 0.2) is 23.0 Å². The zero-order valence-corrected chi connectivity index (χ0v) is 19.9. The zero-order chi connectivity index (χ0) is 23.3. The van der Waals surface area contributed by atoms with Crippen LogP contribution in [0.2, 0.25) is 0 Å². The minimum absolute atomic E-state index is 0.126. The van der Waals surface area contributed by atoms with Crippen molar-refractivity contribution in [1.29, 1.82) is 0 Å². The van der Waals surface area contributed by atoms with Crippen LogP contribution in [-0.4, -0.2) is 66.1 Å². The molecule has 0 saturated heterocycles. The molecule has 7 nitrogen and oxygen atoms in total. The normalized spacial score (nSPS) is 19.6. The maximum Gasteiger partial charge on any atom is 0.311 e. The second-order valence-electron chi connectivity index (χ2n) is 8.32. The van der Waals surface area contributed by atoms with Crippen LogP contribution >= 0.6 is 0 Å². The predicted molar refractivity (Wildman–Crippen MR) is 122 cm³/mol. The minimum atomic E-state index is -0.188. The highest BCUT2D eigenvalue weighted by molar-refractivity contribution is 5.69. The van der Waals surface area contributed by atoms with Crippen LogP contribution in [0, 0.1) is 0 Å². The topological polar surface area (TPSA) is 63.2 Å². The molecule has 2 atom stereocenters. The lowest BCUT2D eigenvalue weighted by atomic mass is 9.86. The summed E-state index contributed by atoms with van der Waals surface area (Å²) in [5, 5.41) is 0. The largest absolute Gasteiger partial charge is 0.493 e. The number of benzene rings is 2. The number of rotatable bonds is 9. The van der Waals surface area contributed by atoms with Gasteiger partial charge >= 0.3 is 5.97 Å². The van der Waals surface area contributed by atoms with Crippen LogP contribution in [0.1, 0.15) is 29.2 Å². The van der Waals surface area contributed by atoms with Crippen LogP contribution in [0.15, 0.2) is 30.3 Å². The third-order valence-electron chi connectivity index (χ3n) is 6.58. The molecule has 174 valence electrons. The van der Waals surface area contributed by atoms with Gasteiger partial charge in [-0.05, 0) is 35.4 Å². The third kappa shape index (κ3) is 4.78. The summed E-state index contributed by atoms with van der Waals surface area (Å²) in [4.78, 5) is 11.9. The highest BCUT2D eigenvalue weighted by Crippen LogP contribution is 2.43. The number of carbonyl (C=O) groups is 1. The first-order valence-electron chi connectivity index (χ1n) is 10.8. The maximum absolute atomic E-state index is 11.9. The molecule has 0 aromatic heterocycles. The molecule has 0 fully saturated rings. The number of likely N-dealkylation sites (N-methyl/N-ethyl adjacent to an activating group) is 1. The van der Waals surface area contributed by atoms with Gasteiger partial charge in [0, 0.05) is 18.4 Å². The molecule has 0 radical (unpaired) electrons. The Bertz CT molecular complexity index is 960. The molecule has 0 saturated carbocycles. The van der Waals surface area contributed by atoms with Gasteiger partial charge in [0.05, 0.1) is 62.1 Å². The molecule has 7 heteroatoms. The Hall–Kier alpha value is -2.93. The molecular formula is C25H34NO6+. The second-order valence-corrected chi connectivity index (χ2v) is 8.32. The number of fused-ring (bicyclic) bond motifs is 1. The van der Waals surface area contributed by atoms with Crippen LogP contribution in [0.25, 0.3) is 0 Å². The Morgan fingerprint density at radius 3 is 2.16 bits per heavy atom. The standard InChI is InChI=1S/C25H34NO6/c1-26(12-10-25(27)32-6)11-9-18-15-23(30-4)24(31-5)16-19(18)20(26)13-17-7-8-21(28-2)22(14-17)29-3/h7-8,14-16,20H,9-13H2,1-6H3/q+1/t20-,26?/m1/s1. The van der Waals surface area contributed by atoms with Crippen molar-refractivity contribution < 1.29 is 33.0 Å². The van der Waals surface area contributed by atoms with E-state index in [0.717, 1.165) is 35.2 Å². The van der Waals surface area contributed by atoms with Gasteiger partial charge in [-0.15, -0.1) is 0 Å². The molecule has 1 aliphatic heterocycles. The quantitative estimate of drug-likeness (QED) is 0.435. The molecule has 2 aromatic carbocycles. The van der Waals surface area contributed by atoms with Crippen molar-refractivity contribution in [2.45, 2.75) is 25.3 Å². The van der Waals surface area contributed by atoms with Gasteiger partial charge < -0.3 is 28.2 Å². The first kappa shape index (κ1) is 23.7. The number of esters is 1. The van der Waals surface area contributed by atoms with Gasteiger partial charge in [-0.1, -0.05) is 6.07 Å². The molecular weight excluding hydrogens is 410 g/mol. The lowest BCUT2D eigenvalue weighted by Crippen LogP contribution is -2.53. The fraction of sp³-hybridized carbons (Fsp3) is 0.480. The molecule has 3 rings (SSSR count).